The van der Waals surface area contributed by atoms with Crippen molar-refractivity contribution >= 4 is 41.1 Å². The number of thioether (sulfide) groups is 1. The number of nitrogens with one attached hydrogen (secondary N) is 1. The molecule has 0 bridgehead atoms. The van der Waals surface area contributed by atoms with E-state index in [1.807, 2.05) is 18.4 Å². The van der Waals surface area contributed by atoms with E-state index in [1.165, 1.54) is 14.0 Å². The molecule has 0 saturated carbocycles. The number of carbonyl (C=O) groups excluding carboxylic acids is 4. The van der Waals surface area contributed by atoms with Crippen LogP contribution in [-0.4, -0.2) is 60.5 Å². The lowest BCUT2D eigenvalue weighted by Crippen LogP contribution is -2.49. The van der Waals surface area contributed by atoms with Gasteiger partial charge in [0.1, 0.15) is 11.8 Å². The number of carbonyl (C=O) groups is 4. The summed E-state index contributed by atoms with van der Waals surface area (Å²) in [7, 11) is 1.52. The number of amides is 4. The summed E-state index contributed by atoms with van der Waals surface area (Å²) >= 11 is 1.56. The third kappa shape index (κ3) is 4.32. The second-order valence-corrected chi connectivity index (χ2v) is 8.91. The molecule has 2 heterocycles. The summed E-state index contributed by atoms with van der Waals surface area (Å²) in [5, 5.41) is 2.99. The number of rotatable bonds is 6. The van der Waals surface area contributed by atoms with E-state index in [9.17, 15) is 19.2 Å². The van der Waals surface area contributed by atoms with Crippen molar-refractivity contribution in [1.82, 2.24) is 10.2 Å². The quantitative estimate of drug-likeness (QED) is 0.398. The first-order valence-electron chi connectivity index (χ1n) is 10.6. The van der Waals surface area contributed by atoms with Gasteiger partial charge >= 0.3 is 6.03 Å². The van der Waals surface area contributed by atoms with Crippen LogP contribution in [0.5, 0.6) is 5.75 Å². The van der Waals surface area contributed by atoms with Crippen molar-refractivity contribution in [3.05, 3.63) is 53.6 Å². The van der Waals surface area contributed by atoms with Gasteiger partial charge in [-0.3, -0.25) is 14.4 Å². The van der Waals surface area contributed by atoms with Crippen LogP contribution in [0.15, 0.2) is 47.4 Å². The molecular weight excluding hydrogens is 442 g/mol. The highest BCUT2D eigenvalue weighted by Gasteiger charge is 2.48. The Balaban J connectivity index is 1.49. The zero-order valence-electron chi connectivity index (χ0n) is 18.7. The molecule has 2 fully saturated rings. The Kier molecular flexibility index (Phi) is 6.42. The third-order valence-corrected chi connectivity index (χ3v) is 6.77. The second-order valence-electron chi connectivity index (χ2n) is 8.03. The van der Waals surface area contributed by atoms with Crippen LogP contribution < -0.4 is 15.0 Å². The van der Waals surface area contributed by atoms with Gasteiger partial charge in [-0.25, -0.2) is 9.69 Å². The number of ether oxygens (including phenoxy) is 1. The predicted molar refractivity (Wildman–Crippen MR) is 125 cm³/mol. The summed E-state index contributed by atoms with van der Waals surface area (Å²) in [5.41, 5.74) is 1.24. The smallest absolute Gasteiger partial charge is 0.332 e. The van der Waals surface area contributed by atoms with Crippen LogP contribution in [0.2, 0.25) is 0 Å². The van der Waals surface area contributed by atoms with Crippen LogP contribution in [0.25, 0.3) is 0 Å². The Morgan fingerprint density at radius 3 is 2.64 bits per heavy atom. The number of Topliss-reactive ketones (excluding diaryl/α,β-unsaturated/α-hetero) is 1. The largest absolute Gasteiger partial charge is 0.496 e. The normalized spacial score (nSPS) is 20.0. The average Bonchev–Trinajstić information content (AvgIpc) is 3.07. The van der Waals surface area contributed by atoms with Crippen LogP contribution in [0.1, 0.15) is 40.5 Å². The fourth-order valence-electron chi connectivity index (χ4n) is 4.28. The molecule has 2 saturated heterocycles. The van der Waals surface area contributed by atoms with E-state index in [4.69, 9.17) is 4.74 Å². The molecule has 8 nitrogen and oxygen atoms in total. The number of hydrogen-bond donors (Lipinski definition) is 1. The second kappa shape index (κ2) is 9.27. The number of anilines is 1. The topological polar surface area (TPSA) is 96.0 Å². The van der Waals surface area contributed by atoms with Gasteiger partial charge in [0.05, 0.1) is 18.4 Å². The molecular formula is C24H25N3O5S. The van der Waals surface area contributed by atoms with Crippen molar-refractivity contribution in [1.29, 1.82) is 0 Å². The molecule has 4 rings (SSSR count). The summed E-state index contributed by atoms with van der Waals surface area (Å²) in [5.74, 6) is -0.278. The van der Waals surface area contributed by atoms with Crippen LogP contribution in [0.4, 0.5) is 10.5 Å². The highest BCUT2D eigenvalue weighted by molar-refractivity contribution is 7.98. The van der Waals surface area contributed by atoms with Gasteiger partial charge in [0.2, 0.25) is 0 Å². The fraction of sp³-hybridized carbons (Fsp3) is 0.333. The van der Waals surface area contributed by atoms with Crippen LogP contribution in [-0.2, 0) is 4.79 Å². The monoisotopic (exact) mass is 467 g/mol. The minimum atomic E-state index is -0.654. The Morgan fingerprint density at radius 1 is 1.15 bits per heavy atom. The highest BCUT2D eigenvalue weighted by Crippen LogP contribution is 2.32. The molecule has 2 aliphatic heterocycles. The highest BCUT2D eigenvalue weighted by atomic mass is 32.2. The Labute approximate surface area is 196 Å². The first-order valence-corrected chi connectivity index (χ1v) is 11.8. The summed E-state index contributed by atoms with van der Waals surface area (Å²) in [6.07, 6.45) is 2.81. The number of benzene rings is 2. The van der Waals surface area contributed by atoms with Gasteiger partial charge < -0.3 is 15.0 Å². The number of piperidine rings is 1. The molecule has 0 spiro atoms. The van der Waals surface area contributed by atoms with Gasteiger partial charge in [0, 0.05) is 23.0 Å². The number of urea groups is 1. The van der Waals surface area contributed by atoms with Crippen LogP contribution in [0.3, 0.4) is 0 Å². The summed E-state index contributed by atoms with van der Waals surface area (Å²) in [4.78, 5) is 54.4. The van der Waals surface area contributed by atoms with Crippen LogP contribution >= 0.6 is 11.8 Å². The number of ketones is 1. The number of nitrogens with zero attached hydrogens (tertiary/aromatic N) is 2. The molecule has 2 aromatic carbocycles. The maximum absolute atomic E-state index is 13.1. The fourth-order valence-corrected chi connectivity index (χ4v) is 4.71. The molecule has 2 aliphatic rings. The minimum absolute atomic E-state index is 0.141. The van der Waals surface area contributed by atoms with Gasteiger partial charge in [-0.1, -0.05) is 12.1 Å². The van der Waals surface area contributed by atoms with Crippen molar-refractivity contribution in [2.45, 2.75) is 36.7 Å². The van der Waals surface area contributed by atoms with Gasteiger partial charge in [-0.15, -0.1) is 11.8 Å². The third-order valence-electron chi connectivity index (χ3n) is 6.04. The molecule has 33 heavy (non-hydrogen) atoms. The van der Waals surface area contributed by atoms with Gasteiger partial charge in [-0.05, 0) is 56.4 Å². The number of hydrogen-bond acceptors (Lipinski definition) is 6. The van der Waals surface area contributed by atoms with E-state index in [0.717, 1.165) is 9.80 Å². The summed E-state index contributed by atoms with van der Waals surface area (Å²) in [6.45, 7) is 1.79. The molecule has 9 heteroatoms. The molecule has 2 aromatic rings. The molecule has 172 valence electrons. The molecule has 1 N–H and O–H groups in total. The number of methoxy groups -OCH3 is 1. The van der Waals surface area contributed by atoms with E-state index in [2.05, 4.69) is 5.32 Å². The lowest BCUT2D eigenvalue weighted by Gasteiger charge is -2.32. The van der Waals surface area contributed by atoms with Crippen molar-refractivity contribution in [3.8, 4) is 5.75 Å². The lowest BCUT2D eigenvalue weighted by molar-refractivity contribution is -0.120. The average molecular weight is 468 g/mol. The van der Waals surface area contributed by atoms with Gasteiger partial charge in [0.25, 0.3) is 11.8 Å². The molecule has 0 radical (unpaired) electrons. The zero-order chi connectivity index (χ0) is 23.7. The maximum Gasteiger partial charge on any atom is 0.332 e. The first kappa shape index (κ1) is 22.8. The van der Waals surface area contributed by atoms with Gasteiger partial charge in [-0.2, -0.15) is 0 Å². The molecule has 0 aromatic heterocycles. The Bertz CT molecular complexity index is 1130. The SMILES string of the molecule is COc1cc(SC)ccc1C(=O)N[C@H]1CCN2C(=O)N(c3cccc(C(C)=O)c3)C(=O)[C@H]2C1. The first-order chi connectivity index (χ1) is 15.8. The standard InChI is InChI=1S/C24H25N3O5S/c1-14(28)15-5-4-6-17(11-15)27-23(30)20-12-16(9-10-26(20)24(27)31)25-22(29)19-8-7-18(33-3)13-21(19)32-2/h4-8,11,13,16,20H,9-10,12H2,1-3H3,(H,25,29)/t16-,20+/m0/s1. The molecule has 4 amide bonds. The molecule has 0 aliphatic carbocycles. The van der Waals surface area contributed by atoms with Gasteiger partial charge in [0.15, 0.2) is 5.78 Å². The lowest BCUT2D eigenvalue weighted by atomic mass is 9.97. The van der Waals surface area contributed by atoms with E-state index in [0.29, 0.717) is 42.0 Å². The zero-order valence-corrected chi connectivity index (χ0v) is 19.5. The van der Waals surface area contributed by atoms with E-state index in [-0.39, 0.29) is 23.6 Å². The Morgan fingerprint density at radius 2 is 1.94 bits per heavy atom. The summed E-state index contributed by atoms with van der Waals surface area (Å²) < 4.78 is 5.38. The maximum atomic E-state index is 13.1. The van der Waals surface area contributed by atoms with Crippen molar-refractivity contribution in [2.75, 3.05) is 24.8 Å². The van der Waals surface area contributed by atoms with E-state index >= 15 is 0 Å². The van der Waals surface area contributed by atoms with E-state index < -0.39 is 12.1 Å². The Hall–Kier alpha value is -3.33. The van der Waals surface area contributed by atoms with E-state index in [1.54, 1.807) is 47.0 Å². The number of fused-ring (bicyclic) bond motifs is 1. The minimum Gasteiger partial charge on any atom is -0.496 e. The number of imide groups is 1. The predicted octanol–water partition coefficient (Wildman–Crippen LogP) is 3.35. The van der Waals surface area contributed by atoms with Crippen LogP contribution in [0, 0.1) is 0 Å². The molecule has 2 atom stereocenters. The summed E-state index contributed by atoms with van der Waals surface area (Å²) in [6, 6.07) is 10.6. The molecule has 0 unspecified atom stereocenters. The van der Waals surface area contributed by atoms with Crippen molar-refractivity contribution in [3.63, 3.8) is 0 Å². The van der Waals surface area contributed by atoms with Crippen molar-refractivity contribution < 1.29 is 23.9 Å². The van der Waals surface area contributed by atoms with Crippen molar-refractivity contribution in [2.24, 2.45) is 0 Å².